The van der Waals surface area contributed by atoms with Gasteiger partial charge >= 0.3 is 0 Å². The van der Waals surface area contributed by atoms with E-state index in [2.05, 4.69) is 4.98 Å². The zero-order valence-corrected chi connectivity index (χ0v) is 14.2. The normalized spacial score (nSPS) is 11.0. The van der Waals surface area contributed by atoms with E-state index in [0.717, 1.165) is 11.3 Å². The lowest BCUT2D eigenvalue weighted by Gasteiger charge is -2.12. The molecule has 0 fully saturated rings. The second kappa shape index (κ2) is 6.04. The van der Waals surface area contributed by atoms with Gasteiger partial charge in [0.1, 0.15) is 12.4 Å². The average molecular weight is 345 g/mol. The number of nitro benzene ring substituents is 1. The minimum absolute atomic E-state index is 0.00737. The summed E-state index contributed by atoms with van der Waals surface area (Å²) < 4.78 is 7.28. The largest absolute Gasteiger partial charge is 0.486 e. The van der Waals surface area contributed by atoms with Crippen LogP contribution in [0.1, 0.15) is 22.5 Å². The first-order valence-corrected chi connectivity index (χ1v) is 8.10. The molecule has 8 heteroatoms. The van der Waals surface area contributed by atoms with Crippen LogP contribution in [0.25, 0.3) is 4.96 Å². The predicted molar refractivity (Wildman–Crippen MR) is 91.0 cm³/mol. The zero-order chi connectivity index (χ0) is 17.4. The molecular formula is C16H15N3O4S. The lowest BCUT2D eigenvalue weighted by atomic mass is 10.1. The Morgan fingerprint density at radius 2 is 2.08 bits per heavy atom. The molecular weight excluding hydrogens is 330 g/mol. The maximum atomic E-state index is 12.2. The number of thiazole rings is 1. The topological polar surface area (TPSA) is 86.7 Å². The molecule has 2 aromatic heterocycles. The van der Waals surface area contributed by atoms with Gasteiger partial charge in [0.2, 0.25) is 0 Å². The number of fused-ring (bicyclic) bond motifs is 1. The van der Waals surface area contributed by atoms with E-state index in [0.29, 0.717) is 22.0 Å². The molecule has 0 spiro atoms. The number of aryl methyl sites for hydroxylation is 2. The van der Waals surface area contributed by atoms with Gasteiger partial charge in [-0.2, -0.15) is 0 Å². The summed E-state index contributed by atoms with van der Waals surface area (Å²) in [6.07, 6.45) is 0. The summed E-state index contributed by atoms with van der Waals surface area (Å²) in [5.74, 6) is 0.452. The van der Waals surface area contributed by atoms with Crippen LogP contribution in [-0.4, -0.2) is 14.3 Å². The smallest absolute Gasteiger partial charge is 0.276 e. The van der Waals surface area contributed by atoms with Gasteiger partial charge in [-0.1, -0.05) is 0 Å². The Morgan fingerprint density at radius 3 is 2.79 bits per heavy atom. The lowest BCUT2D eigenvalue weighted by molar-refractivity contribution is -0.385. The third-order valence-electron chi connectivity index (χ3n) is 3.76. The highest BCUT2D eigenvalue weighted by Gasteiger charge is 2.17. The summed E-state index contributed by atoms with van der Waals surface area (Å²) >= 11 is 1.38. The molecule has 124 valence electrons. The molecule has 0 aliphatic heterocycles. The van der Waals surface area contributed by atoms with E-state index < -0.39 is 4.92 Å². The lowest BCUT2D eigenvalue weighted by Crippen LogP contribution is -2.16. The van der Waals surface area contributed by atoms with E-state index in [-0.39, 0.29) is 17.9 Å². The van der Waals surface area contributed by atoms with Crippen LogP contribution in [0, 0.1) is 30.9 Å². The molecule has 0 aliphatic carbocycles. The zero-order valence-electron chi connectivity index (χ0n) is 13.4. The molecule has 0 unspecified atom stereocenters. The average Bonchev–Trinajstić information content (AvgIpc) is 2.88. The maximum Gasteiger partial charge on any atom is 0.276 e. The van der Waals surface area contributed by atoms with Crippen molar-refractivity contribution in [3.8, 4) is 5.75 Å². The van der Waals surface area contributed by atoms with Crippen molar-refractivity contribution in [1.82, 2.24) is 9.38 Å². The van der Waals surface area contributed by atoms with Crippen LogP contribution in [0.15, 0.2) is 28.4 Å². The molecule has 0 radical (unpaired) electrons. The van der Waals surface area contributed by atoms with Crippen LogP contribution in [0.4, 0.5) is 5.69 Å². The van der Waals surface area contributed by atoms with Gasteiger partial charge in [-0.25, -0.2) is 4.98 Å². The van der Waals surface area contributed by atoms with Crippen molar-refractivity contribution in [1.29, 1.82) is 0 Å². The third kappa shape index (κ3) is 2.76. The molecule has 3 rings (SSSR count). The third-order valence-corrected chi connectivity index (χ3v) is 4.71. The van der Waals surface area contributed by atoms with Crippen molar-refractivity contribution in [3.05, 3.63) is 66.6 Å². The van der Waals surface area contributed by atoms with Gasteiger partial charge in [0.25, 0.3) is 11.2 Å². The van der Waals surface area contributed by atoms with E-state index in [4.69, 9.17) is 4.74 Å². The van der Waals surface area contributed by atoms with Crippen molar-refractivity contribution < 1.29 is 9.66 Å². The van der Waals surface area contributed by atoms with Gasteiger partial charge in [0.05, 0.1) is 16.2 Å². The monoisotopic (exact) mass is 345 g/mol. The van der Waals surface area contributed by atoms with Crippen molar-refractivity contribution in [2.24, 2.45) is 0 Å². The molecule has 7 nitrogen and oxygen atoms in total. The second-order valence-corrected chi connectivity index (χ2v) is 6.32. The van der Waals surface area contributed by atoms with Crippen LogP contribution in [0.2, 0.25) is 0 Å². The molecule has 0 amide bonds. The predicted octanol–water partition coefficient (Wildman–Crippen LogP) is 3.17. The molecule has 0 aliphatic rings. The van der Waals surface area contributed by atoms with E-state index in [1.165, 1.54) is 27.9 Å². The molecule has 1 aromatic carbocycles. The van der Waals surface area contributed by atoms with Crippen LogP contribution >= 0.6 is 11.3 Å². The fraction of sp³-hybridized carbons (Fsp3) is 0.250. The number of rotatable bonds is 4. The van der Waals surface area contributed by atoms with Crippen LogP contribution in [0.3, 0.4) is 0 Å². The van der Waals surface area contributed by atoms with Crippen molar-refractivity contribution >= 4 is 22.0 Å². The Labute approximate surface area is 141 Å². The Morgan fingerprint density at radius 1 is 1.33 bits per heavy atom. The number of benzene rings is 1. The summed E-state index contributed by atoms with van der Waals surface area (Å²) in [7, 11) is 0. The van der Waals surface area contributed by atoms with Crippen LogP contribution in [-0.2, 0) is 6.61 Å². The first kappa shape index (κ1) is 16.1. The fourth-order valence-electron chi connectivity index (χ4n) is 2.56. The Bertz CT molecular complexity index is 1010. The number of ether oxygens (including phenoxy) is 1. The van der Waals surface area contributed by atoms with Crippen molar-refractivity contribution in [2.75, 3.05) is 0 Å². The van der Waals surface area contributed by atoms with E-state index in [1.807, 2.05) is 19.2 Å². The quantitative estimate of drug-likeness (QED) is 0.535. The number of hydrogen-bond donors (Lipinski definition) is 0. The highest BCUT2D eigenvalue weighted by Crippen LogP contribution is 2.31. The van der Waals surface area contributed by atoms with Gasteiger partial charge in [0.15, 0.2) is 4.96 Å². The molecule has 24 heavy (non-hydrogen) atoms. The molecule has 2 heterocycles. The maximum absolute atomic E-state index is 12.2. The minimum atomic E-state index is -0.438. The summed E-state index contributed by atoms with van der Waals surface area (Å²) in [5, 5.41) is 12.9. The van der Waals surface area contributed by atoms with E-state index in [9.17, 15) is 14.9 Å². The number of nitro groups is 1. The first-order chi connectivity index (χ1) is 11.4. The second-order valence-electron chi connectivity index (χ2n) is 5.48. The van der Waals surface area contributed by atoms with Crippen LogP contribution in [0.5, 0.6) is 5.75 Å². The van der Waals surface area contributed by atoms with Crippen molar-refractivity contribution in [2.45, 2.75) is 27.4 Å². The Hall–Kier alpha value is -2.74. The Balaban J connectivity index is 1.93. The van der Waals surface area contributed by atoms with E-state index >= 15 is 0 Å². The SMILES string of the molecule is Cc1ccc([N+](=O)[O-])c(C)c1OCc1cc(=O)n2c(C)csc2n1. The highest BCUT2D eigenvalue weighted by molar-refractivity contribution is 7.15. The highest BCUT2D eigenvalue weighted by atomic mass is 32.1. The summed E-state index contributed by atoms with van der Waals surface area (Å²) in [5.41, 5.74) is 2.43. The summed E-state index contributed by atoms with van der Waals surface area (Å²) in [4.78, 5) is 27.8. The summed E-state index contributed by atoms with van der Waals surface area (Å²) in [6, 6.07) is 4.53. The molecule has 0 N–H and O–H groups in total. The molecule has 0 saturated heterocycles. The Kier molecular flexibility index (Phi) is 4.06. The van der Waals surface area contributed by atoms with Gasteiger partial charge in [-0.3, -0.25) is 19.3 Å². The molecule has 0 saturated carbocycles. The van der Waals surface area contributed by atoms with Gasteiger partial charge in [-0.15, -0.1) is 11.3 Å². The van der Waals surface area contributed by atoms with Gasteiger partial charge in [0, 0.05) is 23.2 Å². The number of hydrogen-bond acceptors (Lipinski definition) is 6. The number of nitrogens with zero attached hydrogens (tertiary/aromatic N) is 3. The fourth-order valence-corrected chi connectivity index (χ4v) is 3.45. The van der Waals surface area contributed by atoms with Gasteiger partial charge < -0.3 is 4.74 Å². The summed E-state index contributed by atoms with van der Waals surface area (Å²) in [6.45, 7) is 5.39. The number of aromatic nitrogens is 2. The van der Waals surface area contributed by atoms with E-state index in [1.54, 1.807) is 13.0 Å². The van der Waals surface area contributed by atoms with Crippen LogP contribution < -0.4 is 10.3 Å². The minimum Gasteiger partial charge on any atom is -0.486 e. The van der Waals surface area contributed by atoms with Crippen molar-refractivity contribution in [3.63, 3.8) is 0 Å². The molecule has 0 atom stereocenters. The van der Waals surface area contributed by atoms with Gasteiger partial charge in [-0.05, 0) is 32.4 Å². The molecule has 0 bridgehead atoms. The first-order valence-electron chi connectivity index (χ1n) is 7.22. The standard InChI is InChI=1S/C16H15N3O4S/c1-9-4-5-13(19(21)22)11(3)15(9)23-7-12-6-14(20)18-10(2)8-24-16(18)17-12/h4-6,8H,7H2,1-3H3. The molecule has 3 aromatic rings.